The average molecular weight is 313 g/mol. The zero-order chi connectivity index (χ0) is 16.2. The van der Waals surface area contributed by atoms with E-state index in [2.05, 4.69) is 11.6 Å². The monoisotopic (exact) mass is 313 g/mol. The molecule has 0 aliphatic carbocycles. The molecule has 0 fully saturated rings. The summed E-state index contributed by atoms with van der Waals surface area (Å²) in [6.07, 6.45) is 7.19. The standard InChI is InChI=1S/C15H27N3O2S/c1-3-5-7-8-9-11-15(14-17,10-6-4-2)21(19,20)18-13-12-16/h18H,3-11,13H2,1-2H3. The summed E-state index contributed by atoms with van der Waals surface area (Å²) in [5, 5.41) is 18.0. The van der Waals surface area contributed by atoms with Gasteiger partial charge in [0, 0.05) is 0 Å². The molecule has 0 radical (unpaired) electrons. The molecular weight excluding hydrogens is 286 g/mol. The van der Waals surface area contributed by atoms with Crippen molar-refractivity contribution in [2.75, 3.05) is 6.54 Å². The summed E-state index contributed by atoms with van der Waals surface area (Å²) >= 11 is 0. The predicted octanol–water partition coefficient (Wildman–Crippen LogP) is 3.24. The van der Waals surface area contributed by atoms with Crippen LogP contribution in [0.5, 0.6) is 0 Å². The molecule has 0 aromatic rings. The molecule has 1 N–H and O–H groups in total. The minimum Gasteiger partial charge on any atom is -0.211 e. The number of rotatable bonds is 12. The normalized spacial score (nSPS) is 14.1. The first kappa shape index (κ1) is 19.9. The van der Waals surface area contributed by atoms with Gasteiger partial charge in [0.15, 0.2) is 4.75 Å². The van der Waals surface area contributed by atoms with E-state index in [0.29, 0.717) is 19.3 Å². The van der Waals surface area contributed by atoms with E-state index in [1.807, 2.05) is 13.0 Å². The highest BCUT2D eigenvalue weighted by atomic mass is 32.2. The van der Waals surface area contributed by atoms with Gasteiger partial charge in [-0.25, -0.2) is 8.42 Å². The van der Waals surface area contributed by atoms with Crippen LogP contribution in [-0.2, 0) is 10.0 Å². The van der Waals surface area contributed by atoms with Crippen LogP contribution in [0.2, 0.25) is 0 Å². The first-order chi connectivity index (χ1) is 9.99. The maximum Gasteiger partial charge on any atom is 0.231 e. The lowest BCUT2D eigenvalue weighted by atomic mass is 9.95. The van der Waals surface area contributed by atoms with Gasteiger partial charge in [-0.1, -0.05) is 58.8 Å². The van der Waals surface area contributed by atoms with Gasteiger partial charge in [0.1, 0.15) is 0 Å². The Labute approximate surface area is 129 Å². The number of nitrogens with one attached hydrogen (secondary N) is 1. The molecule has 0 spiro atoms. The van der Waals surface area contributed by atoms with Crippen LogP contribution in [0.25, 0.3) is 0 Å². The van der Waals surface area contributed by atoms with Crippen LogP contribution in [0.4, 0.5) is 0 Å². The summed E-state index contributed by atoms with van der Waals surface area (Å²) in [6, 6.07) is 3.79. The number of nitriles is 2. The van der Waals surface area contributed by atoms with Crippen molar-refractivity contribution in [2.45, 2.75) is 76.4 Å². The first-order valence-corrected chi connectivity index (χ1v) is 9.25. The highest BCUT2D eigenvalue weighted by Crippen LogP contribution is 2.29. The van der Waals surface area contributed by atoms with Gasteiger partial charge in [0.05, 0.1) is 18.7 Å². The topological polar surface area (TPSA) is 93.8 Å². The van der Waals surface area contributed by atoms with E-state index < -0.39 is 14.8 Å². The molecule has 0 heterocycles. The summed E-state index contributed by atoms with van der Waals surface area (Å²) in [4.78, 5) is 0. The summed E-state index contributed by atoms with van der Waals surface area (Å²) < 4.78 is 25.6. The van der Waals surface area contributed by atoms with Crippen molar-refractivity contribution in [3.05, 3.63) is 0 Å². The molecular formula is C15H27N3O2S. The molecule has 0 saturated heterocycles. The zero-order valence-corrected chi connectivity index (χ0v) is 14.0. The summed E-state index contributed by atoms with van der Waals surface area (Å²) in [7, 11) is -3.79. The highest BCUT2D eigenvalue weighted by Gasteiger charge is 2.42. The minimum atomic E-state index is -3.79. The second-order valence-corrected chi connectivity index (χ2v) is 7.43. The van der Waals surface area contributed by atoms with Gasteiger partial charge in [-0.15, -0.1) is 0 Å². The van der Waals surface area contributed by atoms with Crippen LogP contribution in [0.1, 0.15) is 71.6 Å². The lowest BCUT2D eigenvalue weighted by molar-refractivity contribution is 0.473. The van der Waals surface area contributed by atoms with Gasteiger partial charge in [-0.05, 0) is 12.8 Å². The van der Waals surface area contributed by atoms with Crippen LogP contribution in [0, 0.1) is 22.7 Å². The second kappa shape index (κ2) is 10.6. The summed E-state index contributed by atoms with van der Waals surface area (Å²) in [5.74, 6) is 0. The molecule has 120 valence electrons. The highest BCUT2D eigenvalue weighted by molar-refractivity contribution is 7.91. The van der Waals surface area contributed by atoms with Crippen molar-refractivity contribution in [1.82, 2.24) is 4.72 Å². The SMILES string of the molecule is CCCCCCCC(C#N)(CCCC)S(=O)(=O)NCC#N. The molecule has 1 unspecified atom stereocenters. The van der Waals surface area contributed by atoms with Crippen molar-refractivity contribution in [3.8, 4) is 12.1 Å². The molecule has 21 heavy (non-hydrogen) atoms. The third-order valence-corrected chi connectivity index (χ3v) is 5.73. The smallest absolute Gasteiger partial charge is 0.211 e. The van der Waals surface area contributed by atoms with Crippen LogP contribution >= 0.6 is 0 Å². The maximum atomic E-state index is 12.4. The Morgan fingerprint density at radius 2 is 1.52 bits per heavy atom. The number of unbranched alkanes of at least 4 members (excludes halogenated alkanes) is 5. The maximum absolute atomic E-state index is 12.4. The first-order valence-electron chi connectivity index (χ1n) is 7.77. The fraction of sp³-hybridized carbons (Fsp3) is 0.867. The Kier molecular flexibility index (Phi) is 10.0. The molecule has 0 aromatic heterocycles. The molecule has 6 heteroatoms. The summed E-state index contributed by atoms with van der Waals surface area (Å²) in [5.41, 5.74) is 0. The van der Waals surface area contributed by atoms with Gasteiger partial charge in [0.2, 0.25) is 10.0 Å². The fourth-order valence-electron chi connectivity index (χ4n) is 2.31. The van der Waals surface area contributed by atoms with E-state index >= 15 is 0 Å². The molecule has 0 aliphatic heterocycles. The molecule has 1 atom stereocenters. The largest absolute Gasteiger partial charge is 0.231 e. The van der Waals surface area contributed by atoms with Gasteiger partial charge < -0.3 is 0 Å². The molecule has 0 aromatic carbocycles. The minimum absolute atomic E-state index is 0.284. The Bertz CT molecular complexity index is 462. The van der Waals surface area contributed by atoms with E-state index in [0.717, 1.165) is 38.5 Å². The Morgan fingerprint density at radius 1 is 0.952 bits per heavy atom. The lowest BCUT2D eigenvalue weighted by Gasteiger charge is -2.26. The van der Waals surface area contributed by atoms with E-state index in [9.17, 15) is 13.7 Å². The van der Waals surface area contributed by atoms with Crippen LogP contribution < -0.4 is 4.72 Å². The van der Waals surface area contributed by atoms with Crippen LogP contribution in [0.3, 0.4) is 0 Å². The number of nitrogens with zero attached hydrogens (tertiary/aromatic N) is 2. The Morgan fingerprint density at radius 3 is 2.05 bits per heavy atom. The van der Waals surface area contributed by atoms with E-state index in [-0.39, 0.29) is 6.54 Å². The third kappa shape index (κ3) is 6.46. The van der Waals surface area contributed by atoms with Gasteiger partial charge in [0.25, 0.3) is 0 Å². The molecule has 0 aliphatic rings. The van der Waals surface area contributed by atoms with Crippen LogP contribution in [-0.4, -0.2) is 19.7 Å². The number of sulfonamides is 1. The predicted molar refractivity (Wildman–Crippen MR) is 83.8 cm³/mol. The van der Waals surface area contributed by atoms with Crippen LogP contribution in [0.15, 0.2) is 0 Å². The van der Waals surface area contributed by atoms with E-state index in [1.54, 1.807) is 6.07 Å². The van der Waals surface area contributed by atoms with E-state index in [4.69, 9.17) is 5.26 Å². The summed E-state index contributed by atoms with van der Waals surface area (Å²) in [6.45, 7) is 3.81. The van der Waals surface area contributed by atoms with Crippen molar-refractivity contribution in [1.29, 1.82) is 10.5 Å². The molecule has 0 bridgehead atoms. The number of hydrogen-bond acceptors (Lipinski definition) is 4. The molecule has 0 saturated carbocycles. The van der Waals surface area contributed by atoms with E-state index in [1.165, 1.54) is 0 Å². The molecule has 0 rings (SSSR count). The van der Waals surface area contributed by atoms with Gasteiger partial charge >= 0.3 is 0 Å². The van der Waals surface area contributed by atoms with Crippen molar-refractivity contribution < 1.29 is 8.42 Å². The zero-order valence-electron chi connectivity index (χ0n) is 13.2. The quantitative estimate of drug-likeness (QED) is 0.442. The molecule has 5 nitrogen and oxygen atoms in total. The molecule has 0 amide bonds. The average Bonchev–Trinajstić information content (AvgIpc) is 2.48. The second-order valence-electron chi connectivity index (χ2n) is 5.36. The fourth-order valence-corrected chi connectivity index (χ4v) is 3.78. The van der Waals surface area contributed by atoms with Gasteiger partial charge in [-0.3, -0.25) is 0 Å². The number of hydrogen-bond donors (Lipinski definition) is 1. The van der Waals surface area contributed by atoms with Crippen molar-refractivity contribution in [3.63, 3.8) is 0 Å². The Balaban J connectivity index is 4.91. The third-order valence-electron chi connectivity index (χ3n) is 3.68. The van der Waals surface area contributed by atoms with Gasteiger partial charge in [-0.2, -0.15) is 15.2 Å². The lowest BCUT2D eigenvalue weighted by Crippen LogP contribution is -2.45. The van der Waals surface area contributed by atoms with Crippen molar-refractivity contribution >= 4 is 10.0 Å². The Hall–Kier alpha value is -1.11. The van der Waals surface area contributed by atoms with Crippen molar-refractivity contribution in [2.24, 2.45) is 0 Å².